The van der Waals surface area contributed by atoms with E-state index in [0.29, 0.717) is 48.4 Å². The molecule has 216 valence electrons. The fourth-order valence-corrected chi connectivity index (χ4v) is 5.39. The van der Waals surface area contributed by atoms with Crippen LogP contribution in [0.3, 0.4) is 0 Å². The lowest BCUT2D eigenvalue weighted by Gasteiger charge is -2.13. The Balaban J connectivity index is 1.15. The zero-order chi connectivity index (χ0) is 29.3. The SMILES string of the molecule is COc1ccc(/C=C\c2cc(OC)c(OC)c(OC)c2)cc1OCCCOc1ccc(-c2nc3ccccc3s2)cc1. The Morgan fingerprint density at radius 1 is 0.643 bits per heavy atom. The summed E-state index contributed by atoms with van der Waals surface area (Å²) in [4.78, 5) is 4.73. The predicted molar refractivity (Wildman–Crippen MR) is 169 cm³/mol. The highest BCUT2D eigenvalue weighted by Gasteiger charge is 2.12. The first-order valence-corrected chi connectivity index (χ1v) is 14.3. The van der Waals surface area contributed by atoms with Gasteiger partial charge in [0.1, 0.15) is 10.8 Å². The Bertz CT molecular complexity index is 1600. The van der Waals surface area contributed by atoms with Crippen molar-refractivity contribution in [2.24, 2.45) is 0 Å². The molecule has 1 heterocycles. The summed E-state index contributed by atoms with van der Waals surface area (Å²) in [5.74, 6) is 3.92. The number of aromatic nitrogens is 1. The van der Waals surface area contributed by atoms with E-state index in [0.717, 1.165) is 33.0 Å². The second-order valence-electron chi connectivity index (χ2n) is 9.26. The van der Waals surface area contributed by atoms with Gasteiger partial charge in [-0.3, -0.25) is 0 Å². The van der Waals surface area contributed by atoms with Crippen LogP contribution in [0.25, 0.3) is 32.9 Å². The molecular weight excluding hydrogens is 550 g/mol. The molecule has 0 atom stereocenters. The maximum atomic E-state index is 6.07. The minimum Gasteiger partial charge on any atom is -0.493 e. The van der Waals surface area contributed by atoms with Gasteiger partial charge >= 0.3 is 0 Å². The molecule has 0 aliphatic carbocycles. The quantitative estimate of drug-likeness (QED) is 0.103. The molecule has 8 heteroatoms. The van der Waals surface area contributed by atoms with Gasteiger partial charge in [0.05, 0.1) is 51.9 Å². The summed E-state index contributed by atoms with van der Waals surface area (Å²) >= 11 is 1.69. The topological polar surface area (TPSA) is 68.3 Å². The van der Waals surface area contributed by atoms with Gasteiger partial charge in [-0.1, -0.05) is 30.4 Å². The second-order valence-corrected chi connectivity index (χ2v) is 10.3. The second kappa shape index (κ2) is 13.8. The van der Waals surface area contributed by atoms with Gasteiger partial charge in [-0.05, 0) is 71.8 Å². The van der Waals surface area contributed by atoms with Crippen LogP contribution in [0, 0.1) is 0 Å². The normalized spacial score (nSPS) is 11.0. The average Bonchev–Trinajstić information content (AvgIpc) is 3.48. The first kappa shape index (κ1) is 28.8. The molecule has 0 aliphatic rings. The number of hydrogen-bond acceptors (Lipinski definition) is 8. The highest BCUT2D eigenvalue weighted by molar-refractivity contribution is 7.21. The predicted octanol–water partition coefficient (Wildman–Crippen LogP) is 8.02. The molecule has 0 amide bonds. The number of para-hydroxylation sites is 1. The van der Waals surface area contributed by atoms with E-state index in [1.807, 2.05) is 84.9 Å². The van der Waals surface area contributed by atoms with Gasteiger partial charge in [-0.25, -0.2) is 4.98 Å². The lowest BCUT2D eigenvalue weighted by Crippen LogP contribution is -2.05. The van der Waals surface area contributed by atoms with E-state index < -0.39 is 0 Å². The lowest BCUT2D eigenvalue weighted by molar-refractivity contribution is 0.240. The Kier molecular flexibility index (Phi) is 9.46. The number of rotatable bonds is 13. The molecule has 0 unspecified atom stereocenters. The zero-order valence-corrected chi connectivity index (χ0v) is 24.9. The largest absolute Gasteiger partial charge is 0.493 e. The van der Waals surface area contributed by atoms with Gasteiger partial charge in [0.15, 0.2) is 23.0 Å². The molecule has 0 saturated heterocycles. The summed E-state index contributed by atoms with van der Waals surface area (Å²) in [5, 5.41) is 1.01. The van der Waals surface area contributed by atoms with Crippen molar-refractivity contribution in [3.63, 3.8) is 0 Å². The molecule has 0 radical (unpaired) electrons. The number of nitrogens with zero attached hydrogens (tertiary/aromatic N) is 1. The molecule has 0 spiro atoms. The van der Waals surface area contributed by atoms with Crippen molar-refractivity contribution < 1.29 is 28.4 Å². The third-order valence-corrected chi connectivity index (χ3v) is 7.64. The summed E-state index contributed by atoms with van der Waals surface area (Å²) < 4.78 is 35.0. The highest BCUT2D eigenvalue weighted by Crippen LogP contribution is 2.39. The standard InChI is InChI=1S/C34H33NO6S/c1-36-28-17-12-23(10-11-24-21-30(37-2)33(39-4)31(22-24)38-3)20-29(28)41-19-7-18-40-26-15-13-25(14-16-26)34-35-27-8-5-6-9-32(27)42-34/h5-6,8-17,20-22H,7,18-19H2,1-4H3/b11-10-. The molecule has 0 saturated carbocycles. The molecule has 5 aromatic rings. The van der Waals surface area contributed by atoms with Crippen LogP contribution >= 0.6 is 11.3 Å². The molecular formula is C34H33NO6S. The summed E-state index contributed by atoms with van der Waals surface area (Å²) in [6.45, 7) is 1.02. The molecule has 7 nitrogen and oxygen atoms in total. The van der Waals surface area contributed by atoms with Crippen LogP contribution < -0.4 is 28.4 Å². The Hall–Kier alpha value is -4.69. The van der Waals surface area contributed by atoms with Crippen LogP contribution in [0.15, 0.2) is 78.9 Å². The van der Waals surface area contributed by atoms with Crippen molar-refractivity contribution in [1.82, 2.24) is 4.98 Å². The number of thiazole rings is 1. The third kappa shape index (κ3) is 6.78. The summed E-state index contributed by atoms with van der Waals surface area (Å²) in [5.41, 5.74) is 3.98. The first-order chi connectivity index (χ1) is 20.6. The minimum atomic E-state index is 0.486. The van der Waals surface area contributed by atoms with E-state index in [9.17, 15) is 0 Å². The van der Waals surface area contributed by atoms with Gasteiger partial charge in [0, 0.05) is 12.0 Å². The molecule has 0 N–H and O–H groups in total. The van der Waals surface area contributed by atoms with Gasteiger partial charge < -0.3 is 28.4 Å². The summed E-state index contributed by atoms with van der Waals surface area (Å²) in [6.07, 6.45) is 4.69. The van der Waals surface area contributed by atoms with Crippen molar-refractivity contribution in [2.75, 3.05) is 41.7 Å². The molecule has 42 heavy (non-hydrogen) atoms. The minimum absolute atomic E-state index is 0.486. The Morgan fingerprint density at radius 2 is 1.31 bits per heavy atom. The van der Waals surface area contributed by atoms with Crippen molar-refractivity contribution in [3.8, 4) is 45.1 Å². The van der Waals surface area contributed by atoms with Gasteiger partial charge in [-0.15, -0.1) is 11.3 Å². The van der Waals surface area contributed by atoms with E-state index >= 15 is 0 Å². The Morgan fingerprint density at radius 3 is 2.00 bits per heavy atom. The third-order valence-electron chi connectivity index (χ3n) is 6.55. The smallest absolute Gasteiger partial charge is 0.203 e. The van der Waals surface area contributed by atoms with E-state index in [2.05, 4.69) is 6.07 Å². The van der Waals surface area contributed by atoms with E-state index in [4.69, 9.17) is 33.4 Å². The number of ether oxygens (including phenoxy) is 6. The van der Waals surface area contributed by atoms with Gasteiger partial charge in [0.2, 0.25) is 5.75 Å². The van der Waals surface area contributed by atoms with Gasteiger partial charge in [0.25, 0.3) is 0 Å². The molecule has 5 rings (SSSR count). The van der Waals surface area contributed by atoms with Crippen molar-refractivity contribution in [2.45, 2.75) is 6.42 Å². The molecule has 4 aromatic carbocycles. The van der Waals surface area contributed by atoms with Crippen LogP contribution in [-0.2, 0) is 0 Å². The summed E-state index contributed by atoms with van der Waals surface area (Å²) in [6, 6.07) is 25.8. The number of methoxy groups -OCH3 is 4. The number of benzene rings is 4. The fraction of sp³-hybridized carbons (Fsp3) is 0.206. The van der Waals surface area contributed by atoms with Crippen LogP contribution in [0.2, 0.25) is 0 Å². The van der Waals surface area contributed by atoms with E-state index in [1.54, 1.807) is 39.8 Å². The van der Waals surface area contributed by atoms with Gasteiger partial charge in [-0.2, -0.15) is 0 Å². The van der Waals surface area contributed by atoms with Crippen LogP contribution in [0.1, 0.15) is 17.5 Å². The fourth-order valence-electron chi connectivity index (χ4n) is 4.42. The van der Waals surface area contributed by atoms with E-state index in [-0.39, 0.29) is 0 Å². The summed E-state index contributed by atoms with van der Waals surface area (Å²) in [7, 11) is 6.42. The lowest BCUT2D eigenvalue weighted by atomic mass is 10.1. The average molecular weight is 584 g/mol. The first-order valence-electron chi connectivity index (χ1n) is 13.5. The van der Waals surface area contributed by atoms with E-state index in [1.165, 1.54) is 4.70 Å². The molecule has 1 aromatic heterocycles. The molecule has 0 bridgehead atoms. The zero-order valence-electron chi connectivity index (χ0n) is 24.1. The van der Waals surface area contributed by atoms with Crippen molar-refractivity contribution >= 4 is 33.7 Å². The van der Waals surface area contributed by atoms with Crippen molar-refractivity contribution in [3.05, 3.63) is 90.0 Å². The van der Waals surface area contributed by atoms with Crippen molar-refractivity contribution in [1.29, 1.82) is 0 Å². The maximum absolute atomic E-state index is 6.07. The Labute approximate surface area is 249 Å². The molecule has 0 aliphatic heterocycles. The molecule has 0 fully saturated rings. The maximum Gasteiger partial charge on any atom is 0.203 e. The number of fused-ring (bicyclic) bond motifs is 1. The number of hydrogen-bond donors (Lipinski definition) is 0. The monoisotopic (exact) mass is 583 g/mol. The van der Waals surface area contributed by atoms with Crippen LogP contribution in [0.4, 0.5) is 0 Å². The highest BCUT2D eigenvalue weighted by atomic mass is 32.1. The van der Waals surface area contributed by atoms with Crippen LogP contribution in [-0.4, -0.2) is 46.6 Å². The van der Waals surface area contributed by atoms with Crippen LogP contribution in [0.5, 0.6) is 34.5 Å².